The van der Waals surface area contributed by atoms with Gasteiger partial charge in [0.05, 0.1) is 0 Å². The van der Waals surface area contributed by atoms with Crippen LogP contribution < -0.4 is 0 Å². The molecule has 0 spiro atoms. The van der Waals surface area contributed by atoms with Crippen molar-refractivity contribution in [3.63, 3.8) is 0 Å². The van der Waals surface area contributed by atoms with Gasteiger partial charge >= 0.3 is 0 Å². The smallest absolute Gasteiger partial charge is 0.0488 e. The van der Waals surface area contributed by atoms with Gasteiger partial charge in [-0.3, -0.25) is 0 Å². The molecule has 23 heavy (non-hydrogen) atoms. The first-order valence-corrected chi connectivity index (χ1v) is 10.0. The summed E-state index contributed by atoms with van der Waals surface area (Å²) in [5, 5.41) is 1.57. The number of fused-ring (bicyclic) bond motifs is 3. The number of unbranched alkanes of at least 4 members (excludes halogenated alkanes) is 2. The van der Waals surface area contributed by atoms with Crippen LogP contribution in [-0.4, -0.2) is 4.57 Å². The first kappa shape index (κ1) is 15.3. The third-order valence-electron chi connectivity index (χ3n) is 6.21. The number of hydrogen-bond donors (Lipinski definition) is 0. The van der Waals surface area contributed by atoms with Crippen LogP contribution in [0.5, 0.6) is 0 Å². The normalized spacial score (nSPS) is 18.7. The van der Waals surface area contributed by atoms with Crippen molar-refractivity contribution < 1.29 is 0 Å². The molecular weight excluding hydrogens is 278 g/mol. The Morgan fingerprint density at radius 1 is 1.04 bits per heavy atom. The van der Waals surface area contributed by atoms with Crippen LogP contribution in [0.4, 0.5) is 0 Å². The number of aromatic nitrogens is 1. The van der Waals surface area contributed by atoms with Gasteiger partial charge in [-0.15, -0.1) is 0 Å². The van der Waals surface area contributed by atoms with Crippen molar-refractivity contribution in [3.8, 4) is 0 Å². The summed E-state index contributed by atoms with van der Waals surface area (Å²) in [6.45, 7) is 3.55. The molecule has 0 radical (unpaired) electrons. The first-order chi connectivity index (χ1) is 11.4. The Hall–Kier alpha value is -1.24. The van der Waals surface area contributed by atoms with Crippen molar-refractivity contribution in [2.24, 2.45) is 0 Å². The van der Waals surface area contributed by atoms with E-state index in [4.69, 9.17) is 0 Å². The lowest BCUT2D eigenvalue weighted by molar-refractivity contribution is 0.444. The highest BCUT2D eigenvalue weighted by Crippen LogP contribution is 2.37. The van der Waals surface area contributed by atoms with E-state index in [1.54, 1.807) is 27.7 Å². The van der Waals surface area contributed by atoms with E-state index in [-0.39, 0.29) is 0 Å². The lowest BCUT2D eigenvalue weighted by Gasteiger charge is -2.22. The predicted molar refractivity (Wildman–Crippen MR) is 99.3 cm³/mol. The summed E-state index contributed by atoms with van der Waals surface area (Å²) in [5.41, 5.74) is 6.51. The quantitative estimate of drug-likeness (QED) is 0.566. The second kappa shape index (κ2) is 6.71. The van der Waals surface area contributed by atoms with Gasteiger partial charge in [0.1, 0.15) is 0 Å². The van der Waals surface area contributed by atoms with E-state index in [0.29, 0.717) is 0 Å². The van der Waals surface area contributed by atoms with Crippen molar-refractivity contribution in [2.45, 2.75) is 90.0 Å². The van der Waals surface area contributed by atoms with Gasteiger partial charge in [-0.05, 0) is 61.6 Å². The summed E-state index contributed by atoms with van der Waals surface area (Å²) in [7, 11) is 0. The zero-order valence-electron chi connectivity index (χ0n) is 14.7. The van der Waals surface area contributed by atoms with Crippen molar-refractivity contribution in [3.05, 3.63) is 35.0 Å². The standard InChI is InChI=1S/C22H31N/c1-2-3-5-11-19-20-14-13-18(17-9-6-4-7-10-17)16-22(20)23-15-8-12-21(19)23/h13-14,16-17H,2-12,15H2,1H3. The van der Waals surface area contributed by atoms with Crippen LogP contribution in [0.3, 0.4) is 0 Å². The van der Waals surface area contributed by atoms with Crippen LogP contribution in [0.1, 0.15) is 87.4 Å². The SMILES string of the molecule is CCCCCc1c2n(c3cc(C4CCCCC4)ccc13)CCC2. The molecule has 1 heteroatoms. The molecule has 1 saturated carbocycles. The number of nitrogens with zero attached hydrogens (tertiary/aromatic N) is 1. The highest BCUT2D eigenvalue weighted by atomic mass is 15.0. The van der Waals surface area contributed by atoms with Gasteiger partial charge in [-0.2, -0.15) is 0 Å². The predicted octanol–water partition coefficient (Wildman–Crippen LogP) is 6.37. The van der Waals surface area contributed by atoms with Gasteiger partial charge in [0.2, 0.25) is 0 Å². The van der Waals surface area contributed by atoms with Crippen LogP contribution in [0, 0.1) is 0 Å². The molecule has 0 unspecified atom stereocenters. The Kier molecular flexibility index (Phi) is 4.46. The molecule has 0 N–H and O–H groups in total. The number of aryl methyl sites for hydroxylation is 2. The lowest BCUT2D eigenvalue weighted by Crippen LogP contribution is -2.04. The van der Waals surface area contributed by atoms with Gasteiger partial charge in [-0.1, -0.05) is 51.2 Å². The fourth-order valence-corrected chi connectivity index (χ4v) is 4.96. The largest absolute Gasteiger partial charge is 0.344 e. The minimum absolute atomic E-state index is 0.823. The molecule has 1 aliphatic heterocycles. The molecule has 4 rings (SSSR count). The Bertz CT molecular complexity index is 673. The summed E-state index contributed by atoms with van der Waals surface area (Å²) >= 11 is 0. The van der Waals surface area contributed by atoms with E-state index in [1.165, 1.54) is 77.2 Å². The van der Waals surface area contributed by atoms with E-state index >= 15 is 0 Å². The molecule has 2 aliphatic rings. The van der Waals surface area contributed by atoms with Crippen molar-refractivity contribution in [1.29, 1.82) is 0 Å². The second-order valence-corrected chi connectivity index (χ2v) is 7.75. The fourth-order valence-electron chi connectivity index (χ4n) is 4.96. The minimum Gasteiger partial charge on any atom is -0.344 e. The molecule has 0 bridgehead atoms. The maximum absolute atomic E-state index is 2.66. The third-order valence-corrected chi connectivity index (χ3v) is 6.21. The maximum Gasteiger partial charge on any atom is 0.0488 e. The van der Waals surface area contributed by atoms with Crippen molar-refractivity contribution in [1.82, 2.24) is 4.57 Å². The van der Waals surface area contributed by atoms with E-state index in [1.807, 2.05) is 0 Å². The van der Waals surface area contributed by atoms with Gasteiger partial charge < -0.3 is 4.57 Å². The van der Waals surface area contributed by atoms with Crippen LogP contribution in [0.15, 0.2) is 18.2 Å². The highest BCUT2D eigenvalue weighted by molar-refractivity contribution is 5.86. The summed E-state index contributed by atoms with van der Waals surface area (Å²) in [4.78, 5) is 0. The molecule has 1 nitrogen and oxygen atoms in total. The fraction of sp³-hybridized carbons (Fsp3) is 0.636. The first-order valence-electron chi connectivity index (χ1n) is 10.0. The molecule has 1 aromatic heterocycles. The topological polar surface area (TPSA) is 4.93 Å². The number of rotatable bonds is 5. The van der Waals surface area contributed by atoms with E-state index in [2.05, 4.69) is 29.7 Å². The molecule has 1 fully saturated rings. The van der Waals surface area contributed by atoms with Crippen molar-refractivity contribution >= 4 is 10.9 Å². The van der Waals surface area contributed by atoms with Gasteiger partial charge in [0, 0.05) is 23.1 Å². The van der Waals surface area contributed by atoms with Crippen LogP contribution in [-0.2, 0) is 19.4 Å². The Morgan fingerprint density at radius 3 is 2.74 bits per heavy atom. The molecular formula is C22H31N. The summed E-state index contributed by atoms with van der Waals surface area (Å²) in [5.74, 6) is 0.823. The summed E-state index contributed by atoms with van der Waals surface area (Å²) in [6, 6.07) is 7.48. The van der Waals surface area contributed by atoms with E-state index in [0.717, 1.165) is 5.92 Å². The summed E-state index contributed by atoms with van der Waals surface area (Å²) < 4.78 is 2.66. The van der Waals surface area contributed by atoms with E-state index < -0.39 is 0 Å². The molecule has 1 aromatic carbocycles. The molecule has 0 atom stereocenters. The zero-order valence-corrected chi connectivity index (χ0v) is 14.7. The minimum atomic E-state index is 0.823. The second-order valence-electron chi connectivity index (χ2n) is 7.75. The van der Waals surface area contributed by atoms with Gasteiger partial charge in [-0.25, -0.2) is 0 Å². The molecule has 124 valence electrons. The number of hydrogen-bond acceptors (Lipinski definition) is 0. The molecule has 0 amide bonds. The number of benzene rings is 1. The van der Waals surface area contributed by atoms with Crippen molar-refractivity contribution in [2.75, 3.05) is 0 Å². The Labute approximate surface area is 141 Å². The van der Waals surface area contributed by atoms with Gasteiger partial charge in [0.25, 0.3) is 0 Å². The van der Waals surface area contributed by atoms with Crippen LogP contribution >= 0.6 is 0 Å². The van der Waals surface area contributed by atoms with Crippen LogP contribution in [0.25, 0.3) is 10.9 Å². The Balaban J connectivity index is 1.70. The monoisotopic (exact) mass is 309 g/mol. The van der Waals surface area contributed by atoms with Crippen LogP contribution in [0.2, 0.25) is 0 Å². The maximum atomic E-state index is 2.66. The molecule has 2 aromatic rings. The average Bonchev–Trinajstić information content (AvgIpc) is 3.18. The molecule has 1 aliphatic carbocycles. The average molecular weight is 309 g/mol. The zero-order chi connectivity index (χ0) is 15.6. The summed E-state index contributed by atoms with van der Waals surface area (Å²) in [6.07, 6.45) is 15.1. The Morgan fingerprint density at radius 2 is 1.91 bits per heavy atom. The molecule has 0 saturated heterocycles. The highest BCUT2D eigenvalue weighted by Gasteiger charge is 2.22. The third kappa shape index (κ3) is 2.84. The van der Waals surface area contributed by atoms with E-state index in [9.17, 15) is 0 Å². The molecule has 2 heterocycles. The van der Waals surface area contributed by atoms with Gasteiger partial charge in [0.15, 0.2) is 0 Å². The lowest BCUT2D eigenvalue weighted by atomic mass is 9.84.